The van der Waals surface area contributed by atoms with E-state index in [2.05, 4.69) is 28.6 Å². The Balaban J connectivity index is 3.12. The van der Waals surface area contributed by atoms with E-state index < -0.39 is 0 Å². The second kappa shape index (κ2) is 4.29. The molecule has 0 fully saturated rings. The van der Waals surface area contributed by atoms with Crippen molar-refractivity contribution < 1.29 is 4.79 Å². The second-order valence-electron chi connectivity index (χ2n) is 3.04. The Labute approximate surface area is 92.1 Å². The number of rotatable bonds is 2. The standard InChI is InChI=1S/C10H11BrOS/c1-6-3-4-9(13)8(5-6)10(11)7(2)12/h3-5,10,13H,1-2H3. The molecule has 1 nitrogen and oxygen atoms in total. The molecule has 13 heavy (non-hydrogen) atoms. The van der Waals surface area contributed by atoms with Gasteiger partial charge in [-0.25, -0.2) is 0 Å². The number of halogens is 1. The predicted octanol–water partition coefficient (Wildman–Crippen LogP) is 3.31. The summed E-state index contributed by atoms with van der Waals surface area (Å²) in [6, 6.07) is 5.86. The highest BCUT2D eigenvalue weighted by molar-refractivity contribution is 9.09. The van der Waals surface area contributed by atoms with E-state index in [-0.39, 0.29) is 10.6 Å². The fourth-order valence-corrected chi connectivity index (χ4v) is 1.92. The van der Waals surface area contributed by atoms with Gasteiger partial charge in [0.2, 0.25) is 0 Å². The van der Waals surface area contributed by atoms with Crippen molar-refractivity contribution in [3.8, 4) is 0 Å². The molecule has 0 amide bonds. The number of aryl methyl sites for hydroxylation is 1. The van der Waals surface area contributed by atoms with Gasteiger partial charge in [-0.1, -0.05) is 33.6 Å². The van der Waals surface area contributed by atoms with Gasteiger partial charge in [-0.15, -0.1) is 12.6 Å². The lowest BCUT2D eigenvalue weighted by Crippen LogP contribution is -2.02. The normalized spacial score (nSPS) is 12.6. The van der Waals surface area contributed by atoms with Crippen LogP contribution in [-0.2, 0) is 4.79 Å². The summed E-state index contributed by atoms with van der Waals surface area (Å²) in [5.74, 6) is 0.0981. The van der Waals surface area contributed by atoms with Crippen molar-refractivity contribution in [3.05, 3.63) is 29.3 Å². The van der Waals surface area contributed by atoms with Gasteiger partial charge < -0.3 is 0 Å². The highest BCUT2D eigenvalue weighted by Crippen LogP contribution is 2.29. The molecule has 0 bridgehead atoms. The van der Waals surface area contributed by atoms with Gasteiger partial charge in [0.05, 0.1) is 4.83 Å². The molecule has 3 heteroatoms. The average Bonchev–Trinajstić information content (AvgIpc) is 2.08. The molecule has 0 aliphatic heterocycles. The zero-order valence-electron chi connectivity index (χ0n) is 7.54. The fourth-order valence-electron chi connectivity index (χ4n) is 1.10. The SMILES string of the molecule is CC(=O)C(Br)c1cc(C)ccc1S. The van der Waals surface area contributed by atoms with E-state index in [1.807, 2.05) is 25.1 Å². The van der Waals surface area contributed by atoms with Crippen LogP contribution >= 0.6 is 28.6 Å². The molecule has 0 saturated carbocycles. The topological polar surface area (TPSA) is 17.1 Å². The summed E-state index contributed by atoms with van der Waals surface area (Å²) in [6.07, 6.45) is 0. The van der Waals surface area contributed by atoms with Crippen LogP contribution in [0.15, 0.2) is 23.1 Å². The van der Waals surface area contributed by atoms with E-state index in [1.165, 1.54) is 0 Å². The average molecular weight is 259 g/mol. The van der Waals surface area contributed by atoms with Gasteiger partial charge >= 0.3 is 0 Å². The number of hydrogen-bond acceptors (Lipinski definition) is 2. The summed E-state index contributed by atoms with van der Waals surface area (Å²) < 4.78 is 0. The number of thiol groups is 1. The van der Waals surface area contributed by atoms with Crippen molar-refractivity contribution in [2.24, 2.45) is 0 Å². The molecule has 0 N–H and O–H groups in total. The number of Topliss-reactive ketones (excluding diaryl/α,β-unsaturated/α-hetero) is 1. The largest absolute Gasteiger partial charge is 0.298 e. The van der Waals surface area contributed by atoms with Crippen molar-refractivity contribution in [1.82, 2.24) is 0 Å². The Morgan fingerprint density at radius 2 is 2.15 bits per heavy atom. The lowest BCUT2D eigenvalue weighted by atomic mass is 10.1. The van der Waals surface area contributed by atoms with E-state index in [4.69, 9.17) is 0 Å². The monoisotopic (exact) mass is 258 g/mol. The van der Waals surface area contributed by atoms with Crippen molar-refractivity contribution in [3.63, 3.8) is 0 Å². The fraction of sp³-hybridized carbons (Fsp3) is 0.300. The molecule has 0 heterocycles. The van der Waals surface area contributed by atoms with Gasteiger partial charge in [0, 0.05) is 4.90 Å². The second-order valence-corrected chi connectivity index (χ2v) is 4.43. The molecule has 1 aromatic carbocycles. The van der Waals surface area contributed by atoms with Gasteiger partial charge in [-0.05, 0) is 25.5 Å². The Hall–Kier alpha value is -0.280. The Kier molecular flexibility index (Phi) is 3.56. The smallest absolute Gasteiger partial charge is 0.147 e. The van der Waals surface area contributed by atoms with Crippen LogP contribution in [-0.4, -0.2) is 5.78 Å². The molecule has 1 unspecified atom stereocenters. The maximum atomic E-state index is 11.1. The minimum absolute atomic E-state index is 0.0981. The first kappa shape index (κ1) is 10.8. The van der Waals surface area contributed by atoms with Crippen LogP contribution in [0, 0.1) is 6.92 Å². The minimum Gasteiger partial charge on any atom is -0.298 e. The van der Waals surface area contributed by atoms with Gasteiger partial charge in [0.1, 0.15) is 5.78 Å². The van der Waals surface area contributed by atoms with Gasteiger partial charge in [-0.3, -0.25) is 4.79 Å². The summed E-state index contributed by atoms with van der Waals surface area (Å²) in [7, 11) is 0. The molecule has 0 spiro atoms. The number of ketones is 1. The van der Waals surface area contributed by atoms with E-state index in [0.29, 0.717) is 0 Å². The molecule has 0 aromatic heterocycles. The van der Waals surface area contributed by atoms with Crippen molar-refractivity contribution >= 4 is 34.3 Å². The first-order chi connectivity index (χ1) is 6.02. The number of carbonyl (C=O) groups excluding carboxylic acids is 1. The van der Waals surface area contributed by atoms with E-state index in [1.54, 1.807) is 6.92 Å². The molecule has 0 radical (unpaired) electrons. The maximum Gasteiger partial charge on any atom is 0.147 e. The number of hydrogen-bond donors (Lipinski definition) is 1. The molecule has 1 rings (SSSR count). The van der Waals surface area contributed by atoms with Crippen LogP contribution in [0.4, 0.5) is 0 Å². The Morgan fingerprint density at radius 1 is 1.54 bits per heavy atom. The molecule has 70 valence electrons. The van der Waals surface area contributed by atoms with Crippen LogP contribution in [0.2, 0.25) is 0 Å². The zero-order valence-corrected chi connectivity index (χ0v) is 10.0. The molecule has 0 saturated heterocycles. The lowest BCUT2D eigenvalue weighted by molar-refractivity contribution is -0.116. The minimum atomic E-state index is -0.236. The number of benzene rings is 1. The van der Waals surface area contributed by atoms with Gasteiger partial charge in [0.25, 0.3) is 0 Å². The highest BCUT2D eigenvalue weighted by Gasteiger charge is 2.14. The number of carbonyl (C=O) groups is 1. The lowest BCUT2D eigenvalue weighted by Gasteiger charge is -2.09. The van der Waals surface area contributed by atoms with Crippen molar-refractivity contribution in [2.75, 3.05) is 0 Å². The molecule has 0 aliphatic rings. The van der Waals surface area contributed by atoms with Crippen LogP contribution in [0.1, 0.15) is 22.9 Å². The summed E-state index contributed by atoms with van der Waals surface area (Å²) in [5.41, 5.74) is 2.08. The third kappa shape index (κ3) is 2.58. The quantitative estimate of drug-likeness (QED) is 0.637. The first-order valence-corrected chi connectivity index (χ1v) is 5.32. The summed E-state index contributed by atoms with van der Waals surface area (Å²) in [6.45, 7) is 3.56. The molecular weight excluding hydrogens is 248 g/mol. The number of alkyl halides is 1. The highest BCUT2D eigenvalue weighted by atomic mass is 79.9. The van der Waals surface area contributed by atoms with E-state index in [0.717, 1.165) is 16.0 Å². The van der Waals surface area contributed by atoms with Crippen LogP contribution in [0.25, 0.3) is 0 Å². The van der Waals surface area contributed by atoms with Crippen molar-refractivity contribution in [2.45, 2.75) is 23.6 Å². The summed E-state index contributed by atoms with van der Waals surface area (Å²) in [4.78, 5) is 11.7. The first-order valence-electron chi connectivity index (χ1n) is 3.96. The Bertz CT molecular complexity index is 336. The Morgan fingerprint density at radius 3 is 2.69 bits per heavy atom. The van der Waals surface area contributed by atoms with Crippen LogP contribution < -0.4 is 0 Å². The van der Waals surface area contributed by atoms with Crippen LogP contribution in [0.5, 0.6) is 0 Å². The van der Waals surface area contributed by atoms with Gasteiger partial charge in [0.15, 0.2) is 0 Å². The summed E-state index contributed by atoms with van der Waals surface area (Å²) in [5, 5.41) is 0. The molecule has 1 atom stereocenters. The summed E-state index contributed by atoms with van der Waals surface area (Å²) >= 11 is 7.63. The third-order valence-electron chi connectivity index (χ3n) is 1.81. The van der Waals surface area contributed by atoms with E-state index >= 15 is 0 Å². The zero-order chi connectivity index (χ0) is 10.0. The predicted molar refractivity (Wildman–Crippen MR) is 60.8 cm³/mol. The van der Waals surface area contributed by atoms with Crippen LogP contribution in [0.3, 0.4) is 0 Å². The molecule has 1 aromatic rings. The maximum absolute atomic E-state index is 11.1. The van der Waals surface area contributed by atoms with Gasteiger partial charge in [-0.2, -0.15) is 0 Å². The molecule has 0 aliphatic carbocycles. The molecular formula is C10H11BrOS. The third-order valence-corrected chi connectivity index (χ3v) is 3.36. The van der Waals surface area contributed by atoms with Crippen molar-refractivity contribution in [1.29, 1.82) is 0 Å². The van der Waals surface area contributed by atoms with E-state index in [9.17, 15) is 4.79 Å².